The highest BCUT2D eigenvalue weighted by Crippen LogP contribution is 2.28. The molecule has 2 aromatic carbocycles. The molecule has 138 valence electrons. The number of amides is 1. The van der Waals surface area contributed by atoms with E-state index in [1.807, 2.05) is 55.5 Å². The Hall–Kier alpha value is -2.57. The quantitative estimate of drug-likeness (QED) is 0.742. The van der Waals surface area contributed by atoms with Crippen molar-refractivity contribution in [3.05, 3.63) is 59.7 Å². The summed E-state index contributed by atoms with van der Waals surface area (Å²) < 4.78 is 10.5. The highest BCUT2D eigenvalue weighted by molar-refractivity contribution is 5.80. The summed E-state index contributed by atoms with van der Waals surface area (Å²) in [4.78, 5) is 12.8. The molecular formula is C20H25N3O3. The molecule has 3 rings (SSSR count). The monoisotopic (exact) mass is 355 g/mol. The van der Waals surface area contributed by atoms with Gasteiger partial charge in [-0.2, -0.15) is 0 Å². The Labute approximate surface area is 153 Å². The molecule has 0 saturated carbocycles. The molecule has 0 radical (unpaired) electrons. The second-order valence-corrected chi connectivity index (χ2v) is 6.39. The van der Waals surface area contributed by atoms with E-state index in [1.54, 1.807) is 14.2 Å². The number of ether oxygens (including phenoxy) is 2. The Bertz CT molecular complexity index is 748. The van der Waals surface area contributed by atoms with Gasteiger partial charge in [-0.1, -0.05) is 24.3 Å². The fraction of sp³-hybridized carbons (Fsp3) is 0.350. The molecule has 6 heteroatoms. The molecule has 0 aromatic heterocycles. The maximum Gasteiger partial charge on any atom is 0.226 e. The molecule has 1 aliphatic rings. The van der Waals surface area contributed by atoms with Crippen molar-refractivity contribution in [3.8, 4) is 11.5 Å². The first-order valence-electron chi connectivity index (χ1n) is 8.69. The number of carbonyl (C=O) groups is 1. The molecule has 0 bridgehead atoms. The van der Waals surface area contributed by atoms with E-state index in [1.165, 1.54) is 0 Å². The van der Waals surface area contributed by atoms with Crippen LogP contribution >= 0.6 is 0 Å². The summed E-state index contributed by atoms with van der Waals surface area (Å²) in [5.74, 6) is 1.39. The zero-order chi connectivity index (χ0) is 18.5. The second-order valence-electron chi connectivity index (χ2n) is 6.39. The van der Waals surface area contributed by atoms with Gasteiger partial charge >= 0.3 is 0 Å². The summed E-state index contributed by atoms with van der Waals surface area (Å²) in [5.41, 5.74) is 8.36. The number of hydrazine groups is 1. The van der Waals surface area contributed by atoms with Crippen molar-refractivity contribution in [1.29, 1.82) is 0 Å². The first kappa shape index (κ1) is 18.2. The molecule has 1 heterocycles. The summed E-state index contributed by atoms with van der Waals surface area (Å²) in [7, 11) is 3.28. The summed E-state index contributed by atoms with van der Waals surface area (Å²) in [6, 6.07) is 15.3. The van der Waals surface area contributed by atoms with E-state index in [4.69, 9.17) is 9.47 Å². The van der Waals surface area contributed by atoms with Crippen LogP contribution in [-0.2, 0) is 4.79 Å². The minimum absolute atomic E-state index is 0.0126. The molecule has 26 heavy (non-hydrogen) atoms. The van der Waals surface area contributed by atoms with Crippen molar-refractivity contribution in [2.24, 2.45) is 5.92 Å². The Morgan fingerprint density at radius 2 is 1.85 bits per heavy atom. The summed E-state index contributed by atoms with van der Waals surface area (Å²) in [5, 5.41) is 3.11. The Kier molecular flexibility index (Phi) is 5.75. The van der Waals surface area contributed by atoms with E-state index in [9.17, 15) is 4.79 Å². The van der Waals surface area contributed by atoms with Gasteiger partial charge < -0.3 is 14.8 Å². The lowest BCUT2D eigenvalue weighted by Crippen LogP contribution is -2.36. The Balaban J connectivity index is 1.69. The topological polar surface area (TPSA) is 71.6 Å². The van der Waals surface area contributed by atoms with Gasteiger partial charge in [0.2, 0.25) is 5.91 Å². The molecular weight excluding hydrogens is 330 g/mol. The maximum atomic E-state index is 12.8. The fourth-order valence-electron chi connectivity index (χ4n) is 3.19. The third-order valence-electron chi connectivity index (χ3n) is 4.75. The van der Waals surface area contributed by atoms with E-state index >= 15 is 0 Å². The van der Waals surface area contributed by atoms with Crippen LogP contribution in [0.1, 0.15) is 30.1 Å². The van der Waals surface area contributed by atoms with Gasteiger partial charge in [0.05, 0.1) is 32.2 Å². The number of nitrogens with one attached hydrogen (secondary N) is 3. The largest absolute Gasteiger partial charge is 0.497 e. The van der Waals surface area contributed by atoms with E-state index < -0.39 is 0 Å². The molecule has 6 nitrogen and oxygen atoms in total. The summed E-state index contributed by atoms with van der Waals surface area (Å²) >= 11 is 0. The van der Waals surface area contributed by atoms with Crippen LogP contribution < -0.4 is 25.6 Å². The molecule has 1 fully saturated rings. The molecule has 3 N–H and O–H groups in total. The van der Waals surface area contributed by atoms with Crippen LogP contribution in [0, 0.1) is 5.92 Å². The molecule has 1 saturated heterocycles. The summed E-state index contributed by atoms with van der Waals surface area (Å²) in [6.45, 7) is 2.55. The zero-order valence-corrected chi connectivity index (χ0v) is 15.3. The lowest BCUT2D eigenvalue weighted by Gasteiger charge is -2.22. The highest BCUT2D eigenvalue weighted by atomic mass is 16.5. The second kappa shape index (κ2) is 8.21. The maximum absolute atomic E-state index is 12.8. The third-order valence-corrected chi connectivity index (χ3v) is 4.75. The van der Waals surface area contributed by atoms with Crippen LogP contribution in [0.15, 0.2) is 48.5 Å². The number of benzene rings is 2. The average molecular weight is 355 g/mol. The molecule has 2 aromatic rings. The molecule has 1 aliphatic heterocycles. The van der Waals surface area contributed by atoms with E-state index in [0.717, 1.165) is 22.6 Å². The first-order chi connectivity index (χ1) is 12.6. The van der Waals surface area contributed by atoms with Crippen LogP contribution in [0.3, 0.4) is 0 Å². The number of hydrogen-bond donors (Lipinski definition) is 3. The van der Waals surface area contributed by atoms with Gasteiger partial charge in [0.25, 0.3) is 0 Å². The van der Waals surface area contributed by atoms with E-state index in [0.29, 0.717) is 6.54 Å². The predicted molar refractivity (Wildman–Crippen MR) is 99.9 cm³/mol. The first-order valence-corrected chi connectivity index (χ1v) is 8.69. The normalized spacial score (nSPS) is 20.4. The lowest BCUT2D eigenvalue weighted by molar-refractivity contribution is -0.125. The SMILES string of the molecule is COc1ccc(C(C)NC(=O)C2CNNC2c2cccc(OC)c2)cc1. The minimum Gasteiger partial charge on any atom is -0.497 e. The van der Waals surface area contributed by atoms with Crippen molar-refractivity contribution in [2.75, 3.05) is 20.8 Å². The smallest absolute Gasteiger partial charge is 0.226 e. The lowest BCUT2D eigenvalue weighted by atomic mass is 9.93. The van der Waals surface area contributed by atoms with Crippen LogP contribution in [0.5, 0.6) is 11.5 Å². The van der Waals surface area contributed by atoms with Gasteiger partial charge in [-0.3, -0.25) is 10.2 Å². The number of methoxy groups -OCH3 is 2. The van der Waals surface area contributed by atoms with Crippen molar-refractivity contribution in [3.63, 3.8) is 0 Å². The van der Waals surface area contributed by atoms with Crippen molar-refractivity contribution >= 4 is 5.91 Å². The average Bonchev–Trinajstić information content (AvgIpc) is 3.18. The van der Waals surface area contributed by atoms with Gasteiger partial charge in [0, 0.05) is 6.54 Å². The molecule has 3 unspecified atom stereocenters. The third kappa shape index (κ3) is 3.98. The zero-order valence-electron chi connectivity index (χ0n) is 15.3. The van der Waals surface area contributed by atoms with Crippen LogP contribution in [0.25, 0.3) is 0 Å². The highest BCUT2D eigenvalue weighted by Gasteiger charge is 2.34. The van der Waals surface area contributed by atoms with E-state index in [-0.39, 0.29) is 23.9 Å². The van der Waals surface area contributed by atoms with Gasteiger partial charge in [-0.25, -0.2) is 5.43 Å². The van der Waals surface area contributed by atoms with Gasteiger partial charge in [-0.15, -0.1) is 0 Å². The number of carbonyl (C=O) groups excluding carboxylic acids is 1. The van der Waals surface area contributed by atoms with Crippen molar-refractivity contribution in [1.82, 2.24) is 16.2 Å². The van der Waals surface area contributed by atoms with Crippen molar-refractivity contribution in [2.45, 2.75) is 19.0 Å². The summed E-state index contributed by atoms with van der Waals surface area (Å²) in [6.07, 6.45) is 0. The standard InChI is InChI=1S/C20H25N3O3/c1-13(14-7-9-16(25-2)10-8-14)22-20(24)18-12-21-23-19(18)15-5-4-6-17(11-15)26-3/h4-11,13,18-19,21,23H,12H2,1-3H3,(H,22,24). The molecule has 0 spiro atoms. The number of hydrogen-bond acceptors (Lipinski definition) is 5. The van der Waals surface area contributed by atoms with Crippen molar-refractivity contribution < 1.29 is 14.3 Å². The fourth-order valence-corrected chi connectivity index (χ4v) is 3.19. The predicted octanol–water partition coefficient (Wildman–Crippen LogP) is 2.35. The van der Waals surface area contributed by atoms with Crippen LogP contribution in [-0.4, -0.2) is 26.7 Å². The molecule has 0 aliphatic carbocycles. The van der Waals surface area contributed by atoms with Crippen LogP contribution in [0.2, 0.25) is 0 Å². The molecule has 1 amide bonds. The van der Waals surface area contributed by atoms with Gasteiger partial charge in [0.15, 0.2) is 0 Å². The Morgan fingerprint density at radius 3 is 2.54 bits per heavy atom. The minimum atomic E-state index is -0.206. The van der Waals surface area contributed by atoms with Crippen LogP contribution in [0.4, 0.5) is 0 Å². The van der Waals surface area contributed by atoms with Gasteiger partial charge in [0.1, 0.15) is 11.5 Å². The number of rotatable bonds is 6. The van der Waals surface area contributed by atoms with E-state index in [2.05, 4.69) is 16.2 Å². The van der Waals surface area contributed by atoms with Gasteiger partial charge in [-0.05, 0) is 42.3 Å². The Morgan fingerprint density at radius 1 is 1.12 bits per heavy atom. The molecule has 3 atom stereocenters.